The van der Waals surface area contributed by atoms with E-state index in [9.17, 15) is 8.42 Å². The van der Waals surface area contributed by atoms with Crippen LogP contribution in [0.1, 0.15) is 39.0 Å². The first-order chi connectivity index (χ1) is 8.62. The molecule has 1 N–H and O–H groups in total. The summed E-state index contributed by atoms with van der Waals surface area (Å²) >= 11 is 0. The number of hydrogen-bond acceptors (Lipinski definition) is 3. The molecule has 0 saturated carbocycles. The van der Waals surface area contributed by atoms with Crippen molar-refractivity contribution in [3.63, 3.8) is 0 Å². The Labute approximate surface area is 111 Å². The number of nitrogens with one attached hydrogen (secondary N) is 1. The van der Waals surface area contributed by atoms with Crippen LogP contribution in [0.3, 0.4) is 0 Å². The molecule has 2 fully saturated rings. The molecule has 106 valence electrons. The molecule has 2 aliphatic rings. The van der Waals surface area contributed by atoms with Crippen molar-refractivity contribution < 1.29 is 8.42 Å². The van der Waals surface area contributed by atoms with Crippen LogP contribution in [0, 0.1) is 0 Å². The van der Waals surface area contributed by atoms with E-state index in [0.29, 0.717) is 19.6 Å². The topological polar surface area (TPSA) is 52.7 Å². The van der Waals surface area contributed by atoms with E-state index in [1.807, 2.05) is 6.92 Å². The van der Waals surface area contributed by atoms with Crippen LogP contribution < -0.4 is 5.32 Å². The maximum absolute atomic E-state index is 12.7. The van der Waals surface area contributed by atoms with Gasteiger partial charge in [0, 0.05) is 32.2 Å². The zero-order chi connectivity index (χ0) is 13.0. The molecule has 6 heteroatoms. The van der Waals surface area contributed by atoms with Crippen molar-refractivity contribution in [3.05, 3.63) is 0 Å². The van der Waals surface area contributed by atoms with E-state index in [1.54, 1.807) is 8.61 Å². The Morgan fingerprint density at radius 2 is 1.83 bits per heavy atom. The third kappa shape index (κ3) is 3.23. The summed E-state index contributed by atoms with van der Waals surface area (Å²) in [5.74, 6) is 0. The first kappa shape index (κ1) is 14.2. The fourth-order valence-electron chi connectivity index (χ4n) is 2.79. The van der Waals surface area contributed by atoms with Crippen LogP contribution in [-0.4, -0.2) is 55.8 Å². The second-order valence-corrected chi connectivity index (χ2v) is 7.20. The molecule has 0 aliphatic carbocycles. The van der Waals surface area contributed by atoms with E-state index < -0.39 is 10.2 Å². The lowest BCUT2D eigenvalue weighted by Gasteiger charge is -2.31. The largest absolute Gasteiger partial charge is 0.315 e. The molecule has 0 spiro atoms. The number of nitrogens with zero attached hydrogens (tertiary/aromatic N) is 2. The van der Waals surface area contributed by atoms with Gasteiger partial charge in [-0.2, -0.15) is 17.0 Å². The Morgan fingerprint density at radius 1 is 1.00 bits per heavy atom. The molecule has 5 nitrogen and oxygen atoms in total. The summed E-state index contributed by atoms with van der Waals surface area (Å²) < 4.78 is 28.8. The van der Waals surface area contributed by atoms with Gasteiger partial charge in [-0.25, -0.2) is 0 Å². The third-order valence-corrected chi connectivity index (χ3v) is 6.07. The van der Waals surface area contributed by atoms with Crippen molar-refractivity contribution in [2.45, 2.75) is 45.1 Å². The van der Waals surface area contributed by atoms with Gasteiger partial charge < -0.3 is 5.32 Å². The van der Waals surface area contributed by atoms with Gasteiger partial charge in [0.25, 0.3) is 10.2 Å². The van der Waals surface area contributed by atoms with Gasteiger partial charge in [-0.1, -0.05) is 12.8 Å². The Morgan fingerprint density at radius 3 is 2.67 bits per heavy atom. The van der Waals surface area contributed by atoms with Crippen molar-refractivity contribution in [1.82, 2.24) is 13.9 Å². The Bertz CT molecular complexity index is 350. The van der Waals surface area contributed by atoms with Gasteiger partial charge >= 0.3 is 0 Å². The van der Waals surface area contributed by atoms with Crippen LogP contribution in [0.4, 0.5) is 0 Å². The zero-order valence-electron chi connectivity index (χ0n) is 11.3. The minimum Gasteiger partial charge on any atom is -0.315 e. The van der Waals surface area contributed by atoms with Gasteiger partial charge in [-0.05, 0) is 32.7 Å². The zero-order valence-corrected chi connectivity index (χ0v) is 12.1. The third-order valence-electron chi connectivity index (χ3n) is 3.91. The summed E-state index contributed by atoms with van der Waals surface area (Å²) in [6, 6.07) is 0.147. The predicted molar refractivity (Wildman–Crippen MR) is 72.6 cm³/mol. The molecule has 1 atom stereocenters. The monoisotopic (exact) mass is 275 g/mol. The highest BCUT2D eigenvalue weighted by molar-refractivity contribution is 7.86. The van der Waals surface area contributed by atoms with E-state index in [1.165, 1.54) is 0 Å². The smallest absolute Gasteiger partial charge is 0.282 e. The molecule has 0 aromatic rings. The van der Waals surface area contributed by atoms with E-state index in [0.717, 1.165) is 45.2 Å². The minimum atomic E-state index is -3.25. The van der Waals surface area contributed by atoms with Gasteiger partial charge in [0.15, 0.2) is 0 Å². The molecule has 0 bridgehead atoms. The second kappa shape index (κ2) is 6.32. The summed E-state index contributed by atoms with van der Waals surface area (Å²) in [6.45, 7) is 5.67. The number of rotatable bonds is 2. The highest BCUT2D eigenvalue weighted by Crippen LogP contribution is 2.22. The van der Waals surface area contributed by atoms with Crippen molar-refractivity contribution in [2.24, 2.45) is 0 Å². The van der Waals surface area contributed by atoms with Gasteiger partial charge in [0.2, 0.25) is 0 Å². The predicted octanol–water partition coefficient (Wildman–Crippen LogP) is 0.791. The lowest BCUT2D eigenvalue weighted by molar-refractivity contribution is 0.300. The minimum absolute atomic E-state index is 0.147. The maximum atomic E-state index is 12.7. The van der Waals surface area contributed by atoms with Crippen molar-refractivity contribution in [3.8, 4) is 0 Å². The first-order valence-corrected chi connectivity index (χ1v) is 8.50. The van der Waals surface area contributed by atoms with Crippen LogP contribution in [0.15, 0.2) is 0 Å². The first-order valence-electron chi connectivity index (χ1n) is 7.10. The molecule has 0 aromatic carbocycles. The quantitative estimate of drug-likeness (QED) is 0.811. The summed E-state index contributed by atoms with van der Waals surface area (Å²) in [4.78, 5) is 0. The van der Waals surface area contributed by atoms with E-state index in [2.05, 4.69) is 5.32 Å². The second-order valence-electron chi connectivity index (χ2n) is 5.32. The van der Waals surface area contributed by atoms with Crippen LogP contribution in [-0.2, 0) is 10.2 Å². The summed E-state index contributed by atoms with van der Waals surface area (Å²) in [6.07, 6.45) is 5.19. The highest BCUT2D eigenvalue weighted by atomic mass is 32.2. The standard InChI is InChI=1S/C12H25N3O2S/c1-12-6-3-2-4-10-15(12)18(16,17)14-9-5-7-13-8-11-14/h12-13H,2-11H2,1H3. The molecule has 0 aromatic heterocycles. The molecular weight excluding hydrogens is 250 g/mol. The highest BCUT2D eigenvalue weighted by Gasteiger charge is 2.33. The van der Waals surface area contributed by atoms with Gasteiger partial charge in [0.05, 0.1) is 0 Å². The lowest BCUT2D eigenvalue weighted by atomic mass is 10.1. The average Bonchev–Trinajstić information content (AvgIpc) is 2.71. The molecule has 2 heterocycles. The van der Waals surface area contributed by atoms with Gasteiger partial charge in [-0.15, -0.1) is 0 Å². The summed E-state index contributed by atoms with van der Waals surface area (Å²) in [5.41, 5.74) is 0. The lowest BCUT2D eigenvalue weighted by Crippen LogP contribution is -2.48. The van der Waals surface area contributed by atoms with Gasteiger partial charge in [-0.3, -0.25) is 0 Å². The van der Waals surface area contributed by atoms with Crippen molar-refractivity contribution in [2.75, 3.05) is 32.7 Å². The van der Waals surface area contributed by atoms with Gasteiger partial charge in [0.1, 0.15) is 0 Å². The van der Waals surface area contributed by atoms with Crippen molar-refractivity contribution in [1.29, 1.82) is 0 Å². The molecule has 0 amide bonds. The molecule has 18 heavy (non-hydrogen) atoms. The Hall–Kier alpha value is -0.170. The molecule has 2 rings (SSSR count). The molecular formula is C12H25N3O2S. The van der Waals surface area contributed by atoms with E-state index in [-0.39, 0.29) is 6.04 Å². The molecule has 0 radical (unpaired) electrons. The van der Waals surface area contributed by atoms with Crippen molar-refractivity contribution >= 4 is 10.2 Å². The van der Waals surface area contributed by atoms with Crippen LogP contribution in [0.2, 0.25) is 0 Å². The Balaban J connectivity index is 2.11. The van der Waals surface area contributed by atoms with Crippen LogP contribution in [0.25, 0.3) is 0 Å². The van der Waals surface area contributed by atoms with E-state index in [4.69, 9.17) is 0 Å². The average molecular weight is 275 g/mol. The Kier molecular flexibility index (Phi) is 5.00. The number of hydrogen-bond donors (Lipinski definition) is 1. The van der Waals surface area contributed by atoms with Crippen LogP contribution >= 0.6 is 0 Å². The fraction of sp³-hybridized carbons (Fsp3) is 1.00. The summed E-state index contributed by atoms with van der Waals surface area (Å²) in [5, 5.41) is 3.25. The summed E-state index contributed by atoms with van der Waals surface area (Å²) in [7, 11) is -3.25. The fourth-order valence-corrected chi connectivity index (χ4v) is 4.69. The molecule has 2 saturated heterocycles. The van der Waals surface area contributed by atoms with E-state index >= 15 is 0 Å². The SMILES string of the molecule is CC1CCCCCN1S(=O)(=O)N1CCCNCC1. The molecule has 2 aliphatic heterocycles. The molecule has 1 unspecified atom stereocenters. The normalized spacial score (nSPS) is 29.7. The van der Waals surface area contributed by atoms with Crippen LogP contribution in [0.5, 0.6) is 0 Å². The maximum Gasteiger partial charge on any atom is 0.282 e.